The van der Waals surface area contributed by atoms with E-state index in [1.165, 1.54) is 0 Å². The minimum Gasteiger partial charge on any atom is -0.399 e. The van der Waals surface area contributed by atoms with Gasteiger partial charge in [-0.3, -0.25) is 0 Å². The minimum absolute atomic E-state index is 0.344. The van der Waals surface area contributed by atoms with Gasteiger partial charge in [0.25, 0.3) is 0 Å². The smallest absolute Gasteiger partial charge is 0.399 e. The summed E-state index contributed by atoms with van der Waals surface area (Å²) in [6, 6.07) is 5.75. The molecule has 2 nitrogen and oxygen atoms in total. The van der Waals surface area contributed by atoms with Crippen molar-refractivity contribution in [3.05, 3.63) is 27.7 Å². The molecule has 0 aliphatic carbocycles. The second-order valence-corrected chi connectivity index (χ2v) is 6.46. The molecule has 1 heterocycles. The normalized spacial score (nSPS) is 21.9. The van der Waals surface area contributed by atoms with Crippen LogP contribution < -0.4 is 5.46 Å². The van der Waals surface area contributed by atoms with Crippen molar-refractivity contribution in [1.82, 2.24) is 0 Å². The largest absolute Gasteiger partial charge is 0.496 e. The molecule has 0 unspecified atom stereocenters. The van der Waals surface area contributed by atoms with Crippen LogP contribution in [-0.4, -0.2) is 18.3 Å². The molecule has 17 heavy (non-hydrogen) atoms. The molecule has 0 spiro atoms. The summed E-state index contributed by atoms with van der Waals surface area (Å²) in [5.74, 6) is 0. The highest BCUT2D eigenvalue weighted by Crippen LogP contribution is 2.37. The molecule has 0 bridgehead atoms. The lowest BCUT2D eigenvalue weighted by molar-refractivity contribution is 0.00578. The first kappa shape index (κ1) is 13.4. The highest BCUT2D eigenvalue weighted by molar-refractivity contribution is 9.10. The second-order valence-electron chi connectivity index (χ2n) is 5.23. The summed E-state index contributed by atoms with van der Waals surface area (Å²) in [7, 11) is -0.412. The predicted molar refractivity (Wildman–Crippen MR) is 74.9 cm³/mol. The van der Waals surface area contributed by atoms with E-state index in [1.807, 2.05) is 45.9 Å². The first-order valence-electron chi connectivity index (χ1n) is 5.54. The molecular formula is C12H15BBrClO2. The molecule has 0 amide bonds. The van der Waals surface area contributed by atoms with Gasteiger partial charge in [-0.25, -0.2) is 0 Å². The molecule has 1 saturated heterocycles. The summed E-state index contributed by atoms with van der Waals surface area (Å²) in [5.41, 5.74) is 0.173. The van der Waals surface area contributed by atoms with Gasteiger partial charge in [0.15, 0.2) is 0 Å². The lowest BCUT2D eigenvalue weighted by Gasteiger charge is -2.32. The van der Waals surface area contributed by atoms with Crippen molar-refractivity contribution in [3.8, 4) is 0 Å². The van der Waals surface area contributed by atoms with Gasteiger partial charge in [0.05, 0.1) is 16.2 Å². The van der Waals surface area contributed by atoms with Gasteiger partial charge in [-0.1, -0.05) is 23.7 Å². The Balaban J connectivity index is 2.36. The summed E-state index contributed by atoms with van der Waals surface area (Å²) in [5, 5.41) is 0.644. The van der Waals surface area contributed by atoms with E-state index in [0.29, 0.717) is 5.02 Å². The topological polar surface area (TPSA) is 18.5 Å². The molecule has 1 aromatic rings. The second kappa shape index (κ2) is 4.27. The van der Waals surface area contributed by atoms with Crippen LogP contribution in [0.2, 0.25) is 5.02 Å². The number of halogens is 2. The number of hydrogen-bond donors (Lipinski definition) is 0. The first-order chi connectivity index (χ1) is 7.74. The van der Waals surface area contributed by atoms with Gasteiger partial charge in [-0.05, 0) is 49.7 Å². The molecular weight excluding hydrogens is 302 g/mol. The van der Waals surface area contributed by atoms with Crippen LogP contribution in [0.5, 0.6) is 0 Å². The Kier molecular flexibility index (Phi) is 3.37. The van der Waals surface area contributed by atoms with Crippen molar-refractivity contribution in [3.63, 3.8) is 0 Å². The van der Waals surface area contributed by atoms with E-state index in [0.717, 1.165) is 9.94 Å². The van der Waals surface area contributed by atoms with Crippen LogP contribution in [0, 0.1) is 0 Å². The highest BCUT2D eigenvalue weighted by atomic mass is 79.9. The van der Waals surface area contributed by atoms with E-state index in [2.05, 4.69) is 15.9 Å². The molecule has 0 atom stereocenters. The lowest BCUT2D eigenvalue weighted by Crippen LogP contribution is -2.41. The lowest BCUT2D eigenvalue weighted by atomic mass is 9.79. The third-order valence-corrected chi connectivity index (χ3v) is 4.80. The van der Waals surface area contributed by atoms with Gasteiger partial charge in [0, 0.05) is 9.94 Å². The van der Waals surface area contributed by atoms with Crippen LogP contribution in [0.25, 0.3) is 0 Å². The molecule has 1 aliphatic rings. The van der Waals surface area contributed by atoms with E-state index in [9.17, 15) is 0 Å². The molecule has 0 radical (unpaired) electrons. The van der Waals surface area contributed by atoms with Crippen molar-refractivity contribution >= 4 is 40.1 Å². The summed E-state index contributed by atoms with van der Waals surface area (Å²) in [6.07, 6.45) is 0. The monoisotopic (exact) mass is 316 g/mol. The minimum atomic E-state index is -0.412. The number of benzene rings is 1. The van der Waals surface area contributed by atoms with Crippen LogP contribution in [0.4, 0.5) is 0 Å². The van der Waals surface area contributed by atoms with E-state index < -0.39 is 7.12 Å². The fourth-order valence-corrected chi connectivity index (χ4v) is 2.27. The molecule has 92 valence electrons. The van der Waals surface area contributed by atoms with Crippen molar-refractivity contribution in [1.29, 1.82) is 0 Å². The molecule has 0 aromatic heterocycles. The zero-order valence-corrected chi connectivity index (χ0v) is 12.7. The standard InChI is InChI=1S/C12H15BBrClO2/c1-11(2)12(3,4)17-13(16-11)8-6-5-7-9(14)10(8)15/h5-7H,1-4H3. The molecule has 0 N–H and O–H groups in total. The Labute approximate surface area is 116 Å². The summed E-state index contributed by atoms with van der Waals surface area (Å²) in [4.78, 5) is 0. The quantitative estimate of drug-likeness (QED) is 0.739. The van der Waals surface area contributed by atoms with Gasteiger partial charge in [0.1, 0.15) is 0 Å². The first-order valence-corrected chi connectivity index (χ1v) is 6.71. The summed E-state index contributed by atoms with van der Waals surface area (Å²) < 4.78 is 12.8. The Morgan fingerprint density at radius 2 is 1.65 bits per heavy atom. The third-order valence-electron chi connectivity index (χ3n) is 3.49. The molecule has 1 fully saturated rings. The average Bonchev–Trinajstić information content (AvgIpc) is 2.40. The van der Waals surface area contributed by atoms with Gasteiger partial charge in [-0.15, -0.1) is 0 Å². The zero-order valence-electron chi connectivity index (χ0n) is 10.4. The maximum atomic E-state index is 6.25. The summed E-state index contributed by atoms with van der Waals surface area (Å²) in [6.45, 7) is 8.11. The van der Waals surface area contributed by atoms with Crippen molar-refractivity contribution in [2.24, 2.45) is 0 Å². The van der Waals surface area contributed by atoms with Gasteiger partial charge < -0.3 is 9.31 Å². The Morgan fingerprint density at radius 3 is 2.18 bits per heavy atom. The van der Waals surface area contributed by atoms with Crippen LogP contribution in [-0.2, 0) is 9.31 Å². The Bertz CT molecular complexity index is 432. The van der Waals surface area contributed by atoms with Crippen molar-refractivity contribution in [2.45, 2.75) is 38.9 Å². The zero-order chi connectivity index (χ0) is 12.8. The van der Waals surface area contributed by atoms with Crippen molar-refractivity contribution in [2.75, 3.05) is 0 Å². The number of rotatable bonds is 1. The summed E-state index contributed by atoms with van der Waals surface area (Å²) >= 11 is 9.66. The van der Waals surface area contributed by atoms with Gasteiger partial charge in [0.2, 0.25) is 0 Å². The fraction of sp³-hybridized carbons (Fsp3) is 0.500. The van der Waals surface area contributed by atoms with E-state index >= 15 is 0 Å². The predicted octanol–water partition coefficient (Wildman–Crippen LogP) is 3.40. The maximum Gasteiger partial charge on any atom is 0.496 e. The van der Waals surface area contributed by atoms with Crippen molar-refractivity contribution < 1.29 is 9.31 Å². The Morgan fingerprint density at radius 1 is 1.12 bits per heavy atom. The molecule has 1 aliphatic heterocycles. The molecule has 5 heteroatoms. The van der Waals surface area contributed by atoms with Crippen LogP contribution in [0.1, 0.15) is 27.7 Å². The number of hydrogen-bond acceptors (Lipinski definition) is 2. The van der Waals surface area contributed by atoms with Gasteiger partial charge >= 0.3 is 7.12 Å². The van der Waals surface area contributed by atoms with Gasteiger partial charge in [-0.2, -0.15) is 0 Å². The fourth-order valence-electron chi connectivity index (χ4n) is 1.67. The van der Waals surface area contributed by atoms with E-state index in [4.69, 9.17) is 20.9 Å². The average molecular weight is 317 g/mol. The molecule has 2 rings (SSSR count). The Hall–Kier alpha value is -0.0251. The molecule has 1 aromatic carbocycles. The SMILES string of the molecule is CC1(C)OB(c2cccc(Br)c2Cl)OC1(C)C. The van der Waals surface area contributed by atoms with E-state index in [-0.39, 0.29) is 11.2 Å². The maximum absolute atomic E-state index is 6.25. The third kappa shape index (κ3) is 2.28. The highest BCUT2D eigenvalue weighted by Gasteiger charge is 2.52. The van der Waals surface area contributed by atoms with Crippen LogP contribution in [0.3, 0.4) is 0 Å². The molecule has 0 saturated carbocycles. The van der Waals surface area contributed by atoms with Crippen LogP contribution >= 0.6 is 27.5 Å². The van der Waals surface area contributed by atoms with E-state index in [1.54, 1.807) is 0 Å². The van der Waals surface area contributed by atoms with Crippen LogP contribution in [0.15, 0.2) is 22.7 Å².